The maximum atomic E-state index is 2.36. The summed E-state index contributed by atoms with van der Waals surface area (Å²) in [5, 5.41) is 0. The Morgan fingerprint density at radius 2 is 0.857 bits per heavy atom. The maximum absolute atomic E-state index is 2.36. The van der Waals surface area contributed by atoms with Gasteiger partial charge in [-0.05, 0) is 35.2 Å². The number of likely N-dealkylation sites (N-methyl/N-ethyl adjacent to an activating group) is 3. The van der Waals surface area contributed by atoms with Crippen LogP contribution in [0.2, 0.25) is 0 Å². The average molecular weight is 203 g/mol. The van der Waals surface area contributed by atoms with E-state index in [1.54, 1.807) is 0 Å². The molecule has 0 amide bonds. The summed E-state index contributed by atoms with van der Waals surface area (Å²) in [5.74, 6) is 0. The molecule has 0 heterocycles. The van der Waals surface area contributed by atoms with Gasteiger partial charge in [0, 0.05) is 26.2 Å². The molecule has 0 rings (SSSR count). The van der Waals surface area contributed by atoms with Gasteiger partial charge in [-0.3, -0.25) is 0 Å². The molecule has 0 aliphatic carbocycles. The van der Waals surface area contributed by atoms with Gasteiger partial charge in [0.15, 0.2) is 0 Å². The molecule has 0 bridgehead atoms. The molecular weight excluding hydrogens is 174 g/mol. The first-order valence-electron chi connectivity index (χ1n) is 5.50. The molecule has 14 heavy (non-hydrogen) atoms. The lowest BCUT2D eigenvalue weighted by Gasteiger charge is -2.20. The van der Waals surface area contributed by atoms with Gasteiger partial charge in [0.05, 0.1) is 0 Å². The van der Waals surface area contributed by atoms with E-state index in [0.29, 0.717) is 0 Å². The topological polar surface area (TPSA) is 9.72 Å². The first-order valence-corrected chi connectivity index (χ1v) is 5.50. The minimum Gasteiger partial charge on any atom is -0.308 e. The molecule has 88 valence electrons. The van der Waals surface area contributed by atoms with E-state index in [-0.39, 0.29) is 0 Å². The second kappa shape index (κ2) is 11.0. The summed E-state index contributed by atoms with van der Waals surface area (Å²) in [6.07, 6.45) is 0. The molecule has 3 heteroatoms. The smallest absolute Gasteiger partial charge is 0.0107 e. The van der Waals surface area contributed by atoms with Crippen LogP contribution in [0.3, 0.4) is 0 Å². The Bertz CT molecular complexity index is 90.7. The second-order valence-electron chi connectivity index (χ2n) is 3.91. The van der Waals surface area contributed by atoms with Crippen LogP contribution < -0.4 is 0 Å². The molecule has 0 aromatic rings. The Morgan fingerprint density at radius 3 is 1.07 bits per heavy atom. The Morgan fingerprint density at radius 1 is 0.571 bits per heavy atom. The lowest BCUT2D eigenvalue weighted by Crippen LogP contribution is -2.33. The third-order valence-electron chi connectivity index (χ3n) is 1.86. The van der Waals surface area contributed by atoms with Crippen molar-refractivity contribution in [3.8, 4) is 0 Å². The molecule has 0 aromatic heterocycles. The molecule has 0 saturated heterocycles. The molecule has 0 aromatic carbocycles. The molecule has 0 N–H and O–H groups in total. The monoisotopic (exact) mass is 203 g/mol. The molecule has 0 unspecified atom stereocenters. The molecule has 0 spiro atoms. The van der Waals surface area contributed by atoms with Crippen LogP contribution >= 0.6 is 0 Å². The highest BCUT2D eigenvalue weighted by atomic mass is 15.2. The van der Waals surface area contributed by atoms with Gasteiger partial charge < -0.3 is 14.7 Å². The van der Waals surface area contributed by atoms with E-state index >= 15 is 0 Å². The highest BCUT2D eigenvalue weighted by Gasteiger charge is 1.98. The summed E-state index contributed by atoms with van der Waals surface area (Å²) >= 11 is 0. The molecule has 0 radical (unpaired) electrons. The Labute approximate surface area is 90.7 Å². The van der Waals surface area contributed by atoms with E-state index in [9.17, 15) is 0 Å². The van der Waals surface area contributed by atoms with Crippen LogP contribution in [0, 0.1) is 0 Å². The highest BCUT2D eigenvalue weighted by Crippen LogP contribution is 1.84. The summed E-state index contributed by atoms with van der Waals surface area (Å²) < 4.78 is 0. The zero-order chi connectivity index (χ0) is 11.6. The third kappa shape index (κ3) is 14.4. The van der Waals surface area contributed by atoms with E-state index in [0.717, 1.165) is 26.2 Å². The second-order valence-corrected chi connectivity index (χ2v) is 3.91. The largest absolute Gasteiger partial charge is 0.308 e. The van der Waals surface area contributed by atoms with Crippen LogP contribution in [0.15, 0.2) is 0 Å². The van der Waals surface area contributed by atoms with Crippen molar-refractivity contribution in [2.75, 3.05) is 61.4 Å². The van der Waals surface area contributed by atoms with Gasteiger partial charge in [-0.2, -0.15) is 0 Å². The van der Waals surface area contributed by atoms with Crippen molar-refractivity contribution in [1.29, 1.82) is 0 Å². The van der Waals surface area contributed by atoms with Crippen molar-refractivity contribution in [3.05, 3.63) is 0 Å². The van der Waals surface area contributed by atoms with E-state index in [1.807, 2.05) is 13.8 Å². The summed E-state index contributed by atoms with van der Waals surface area (Å²) in [4.78, 5) is 6.79. The lowest BCUT2D eigenvalue weighted by molar-refractivity contribution is 0.254. The van der Waals surface area contributed by atoms with Crippen LogP contribution in [0.25, 0.3) is 0 Å². The standard InChI is InChI=1S/C9H23N3.C2H6/c1-10(2)6-8-12(5)9-7-11(3)4;1-2/h6-9H2,1-5H3;1-2H3. The van der Waals surface area contributed by atoms with Crippen LogP contribution in [0.5, 0.6) is 0 Å². The lowest BCUT2D eigenvalue weighted by atomic mass is 10.4. The van der Waals surface area contributed by atoms with Crippen molar-refractivity contribution in [3.63, 3.8) is 0 Å². The van der Waals surface area contributed by atoms with Gasteiger partial charge in [0.2, 0.25) is 0 Å². The normalized spacial score (nSPS) is 10.7. The summed E-state index contributed by atoms with van der Waals surface area (Å²) in [6.45, 7) is 8.59. The Hall–Kier alpha value is -0.120. The zero-order valence-electron chi connectivity index (χ0n) is 11.2. The predicted molar refractivity (Wildman–Crippen MR) is 66.0 cm³/mol. The van der Waals surface area contributed by atoms with Crippen LogP contribution in [0.1, 0.15) is 13.8 Å². The summed E-state index contributed by atoms with van der Waals surface area (Å²) in [7, 11) is 10.6. The van der Waals surface area contributed by atoms with Gasteiger partial charge in [-0.25, -0.2) is 0 Å². The number of hydrogen-bond donors (Lipinski definition) is 0. The quantitative estimate of drug-likeness (QED) is 0.639. The van der Waals surface area contributed by atoms with Gasteiger partial charge in [0.25, 0.3) is 0 Å². The molecule has 0 aliphatic heterocycles. The average Bonchev–Trinajstić information content (AvgIpc) is 2.14. The first kappa shape index (κ1) is 16.3. The molecular formula is C11H29N3. The fraction of sp³-hybridized carbons (Fsp3) is 1.00. The maximum Gasteiger partial charge on any atom is 0.0107 e. The predicted octanol–water partition coefficient (Wildman–Crippen LogP) is 1.07. The molecule has 0 fully saturated rings. The molecule has 0 saturated carbocycles. The SMILES string of the molecule is CC.CN(C)CCN(C)CCN(C)C. The van der Waals surface area contributed by atoms with Crippen molar-refractivity contribution in [1.82, 2.24) is 14.7 Å². The number of rotatable bonds is 6. The van der Waals surface area contributed by atoms with Gasteiger partial charge in [-0.15, -0.1) is 0 Å². The van der Waals surface area contributed by atoms with Crippen molar-refractivity contribution >= 4 is 0 Å². The van der Waals surface area contributed by atoms with Crippen molar-refractivity contribution in [2.24, 2.45) is 0 Å². The minimum absolute atomic E-state index is 1.14. The Balaban J connectivity index is 0. The van der Waals surface area contributed by atoms with E-state index < -0.39 is 0 Å². The Kier molecular flexibility index (Phi) is 12.8. The van der Waals surface area contributed by atoms with Crippen molar-refractivity contribution < 1.29 is 0 Å². The van der Waals surface area contributed by atoms with Crippen LogP contribution in [-0.4, -0.2) is 76.1 Å². The highest BCUT2D eigenvalue weighted by molar-refractivity contribution is 4.55. The fourth-order valence-corrected chi connectivity index (χ4v) is 0.853. The van der Waals surface area contributed by atoms with Gasteiger partial charge in [0.1, 0.15) is 0 Å². The van der Waals surface area contributed by atoms with Gasteiger partial charge in [-0.1, -0.05) is 13.8 Å². The van der Waals surface area contributed by atoms with Crippen LogP contribution in [-0.2, 0) is 0 Å². The molecule has 3 nitrogen and oxygen atoms in total. The van der Waals surface area contributed by atoms with Crippen molar-refractivity contribution in [2.45, 2.75) is 13.8 Å². The van der Waals surface area contributed by atoms with Gasteiger partial charge >= 0.3 is 0 Å². The van der Waals surface area contributed by atoms with E-state index in [2.05, 4.69) is 49.9 Å². The first-order chi connectivity index (χ1) is 6.52. The number of hydrogen-bond acceptors (Lipinski definition) is 3. The van der Waals surface area contributed by atoms with E-state index in [4.69, 9.17) is 0 Å². The number of nitrogens with zero attached hydrogens (tertiary/aromatic N) is 3. The minimum atomic E-state index is 1.14. The molecule has 0 aliphatic rings. The zero-order valence-corrected chi connectivity index (χ0v) is 11.2. The van der Waals surface area contributed by atoms with Crippen LogP contribution in [0.4, 0.5) is 0 Å². The third-order valence-corrected chi connectivity index (χ3v) is 1.86. The molecule has 0 atom stereocenters. The fourth-order valence-electron chi connectivity index (χ4n) is 0.853. The van der Waals surface area contributed by atoms with E-state index in [1.165, 1.54) is 0 Å². The summed E-state index contributed by atoms with van der Waals surface area (Å²) in [6, 6.07) is 0. The summed E-state index contributed by atoms with van der Waals surface area (Å²) in [5.41, 5.74) is 0.